The van der Waals surface area contributed by atoms with Crippen LogP contribution in [0.4, 0.5) is 0 Å². The molecule has 0 aliphatic rings. The fraction of sp³-hybridized carbons (Fsp3) is 0.533. The van der Waals surface area contributed by atoms with Gasteiger partial charge in [-0.1, -0.05) is 24.6 Å². The van der Waals surface area contributed by atoms with Crippen molar-refractivity contribution in [1.82, 2.24) is 9.80 Å². The number of hydrogen-bond donors (Lipinski definition) is 1. The number of carboxylic acids is 1. The zero-order chi connectivity index (χ0) is 15.1. The van der Waals surface area contributed by atoms with Crippen molar-refractivity contribution in [3.05, 3.63) is 34.3 Å². The monoisotopic (exact) mass is 298 g/mol. The molecule has 5 heteroatoms. The van der Waals surface area contributed by atoms with Crippen LogP contribution in [0.3, 0.4) is 0 Å². The Bertz CT molecular complexity index is 449. The van der Waals surface area contributed by atoms with Crippen molar-refractivity contribution in [2.45, 2.75) is 19.9 Å². The van der Waals surface area contributed by atoms with Gasteiger partial charge in [0.25, 0.3) is 0 Å². The van der Waals surface area contributed by atoms with E-state index in [2.05, 4.69) is 30.8 Å². The van der Waals surface area contributed by atoms with E-state index in [1.54, 1.807) is 12.1 Å². The third kappa shape index (κ3) is 5.49. The lowest BCUT2D eigenvalue weighted by Gasteiger charge is -2.22. The zero-order valence-corrected chi connectivity index (χ0v) is 13.2. The van der Waals surface area contributed by atoms with E-state index in [4.69, 9.17) is 16.7 Å². The molecular weight excluding hydrogens is 276 g/mol. The van der Waals surface area contributed by atoms with Gasteiger partial charge >= 0.3 is 5.97 Å². The van der Waals surface area contributed by atoms with Crippen molar-refractivity contribution in [2.24, 2.45) is 0 Å². The number of halogens is 1. The van der Waals surface area contributed by atoms with E-state index < -0.39 is 5.97 Å². The number of carboxylic acid groups (broad SMARTS) is 1. The molecule has 20 heavy (non-hydrogen) atoms. The van der Waals surface area contributed by atoms with Crippen molar-refractivity contribution in [2.75, 3.05) is 33.7 Å². The lowest BCUT2D eigenvalue weighted by molar-refractivity contribution is 0.0697. The molecular formula is C15H23ClN2O2. The molecule has 0 saturated carbocycles. The molecule has 0 aliphatic heterocycles. The Hall–Kier alpha value is -1.10. The fourth-order valence-electron chi connectivity index (χ4n) is 2.01. The van der Waals surface area contributed by atoms with E-state index in [1.807, 2.05) is 0 Å². The molecule has 0 aromatic heterocycles. The van der Waals surface area contributed by atoms with Crippen LogP contribution in [0.25, 0.3) is 0 Å². The lowest BCUT2D eigenvalue weighted by Crippen LogP contribution is -2.27. The quantitative estimate of drug-likeness (QED) is 0.801. The van der Waals surface area contributed by atoms with E-state index in [0.717, 1.165) is 38.2 Å². The molecule has 0 fully saturated rings. The topological polar surface area (TPSA) is 43.8 Å². The van der Waals surface area contributed by atoms with Crippen molar-refractivity contribution < 1.29 is 9.90 Å². The molecule has 0 spiro atoms. The summed E-state index contributed by atoms with van der Waals surface area (Å²) in [5.74, 6) is -0.947. The third-order valence-electron chi connectivity index (χ3n) is 3.22. The molecule has 1 rings (SSSR count). The third-order valence-corrected chi connectivity index (χ3v) is 3.57. The maximum atomic E-state index is 10.9. The number of hydrogen-bond acceptors (Lipinski definition) is 3. The van der Waals surface area contributed by atoms with Gasteiger partial charge in [0.2, 0.25) is 0 Å². The maximum Gasteiger partial charge on any atom is 0.335 e. The van der Waals surface area contributed by atoms with E-state index in [1.165, 1.54) is 6.07 Å². The number of rotatable bonds is 8. The highest BCUT2D eigenvalue weighted by Gasteiger charge is 2.10. The van der Waals surface area contributed by atoms with Crippen LogP contribution >= 0.6 is 11.6 Å². The fourth-order valence-corrected chi connectivity index (χ4v) is 2.25. The summed E-state index contributed by atoms with van der Waals surface area (Å²) >= 11 is 6.16. The smallest absolute Gasteiger partial charge is 0.335 e. The van der Waals surface area contributed by atoms with Crippen LogP contribution in [-0.2, 0) is 6.54 Å². The lowest BCUT2D eigenvalue weighted by atomic mass is 10.1. The summed E-state index contributed by atoms with van der Waals surface area (Å²) < 4.78 is 0. The number of aromatic carboxylic acids is 1. The molecule has 112 valence electrons. The maximum absolute atomic E-state index is 10.9. The minimum absolute atomic E-state index is 0.231. The summed E-state index contributed by atoms with van der Waals surface area (Å²) in [5.41, 5.74) is 1.21. The molecule has 1 aromatic carbocycles. The van der Waals surface area contributed by atoms with Crippen LogP contribution in [-0.4, -0.2) is 54.6 Å². The van der Waals surface area contributed by atoms with E-state index in [9.17, 15) is 4.79 Å². The zero-order valence-electron chi connectivity index (χ0n) is 12.4. The first-order valence-electron chi connectivity index (χ1n) is 6.82. The standard InChI is InChI=1S/C15H23ClN2O2/c1-4-18(9-5-8-17(2)3)11-13-7-6-12(15(19)20)10-14(13)16/h6-7,10H,4-5,8-9,11H2,1-3H3,(H,19,20). The Morgan fingerprint density at radius 3 is 2.50 bits per heavy atom. The average molecular weight is 299 g/mol. The molecule has 4 nitrogen and oxygen atoms in total. The molecule has 0 heterocycles. The van der Waals surface area contributed by atoms with Crippen LogP contribution < -0.4 is 0 Å². The van der Waals surface area contributed by atoms with Crippen molar-refractivity contribution >= 4 is 17.6 Å². The Labute approximate surface area is 125 Å². The minimum atomic E-state index is -0.947. The Kier molecular flexibility index (Phi) is 6.99. The normalized spacial score (nSPS) is 11.3. The molecule has 0 amide bonds. The van der Waals surface area contributed by atoms with Crippen molar-refractivity contribution in [3.8, 4) is 0 Å². The first-order valence-corrected chi connectivity index (χ1v) is 7.20. The minimum Gasteiger partial charge on any atom is -0.478 e. The predicted octanol–water partition coefficient (Wildman–Crippen LogP) is 2.81. The highest BCUT2D eigenvalue weighted by atomic mass is 35.5. The van der Waals surface area contributed by atoms with Crippen molar-refractivity contribution in [1.29, 1.82) is 0 Å². The molecule has 1 aromatic rings. The summed E-state index contributed by atoms with van der Waals surface area (Å²) in [6, 6.07) is 4.94. The summed E-state index contributed by atoms with van der Waals surface area (Å²) in [5, 5.41) is 9.45. The molecule has 1 N–H and O–H groups in total. The number of nitrogens with zero attached hydrogens (tertiary/aromatic N) is 2. The summed E-state index contributed by atoms with van der Waals surface area (Å²) in [7, 11) is 4.13. The van der Waals surface area contributed by atoms with Gasteiger partial charge in [0.1, 0.15) is 0 Å². The molecule has 0 atom stereocenters. The highest BCUT2D eigenvalue weighted by Crippen LogP contribution is 2.20. The van der Waals surface area contributed by atoms with Gasteiger partial charge in [0, 0.05) is 11.6 Å². The second-order valence-electron chi connectivity index (χ2n) is 5.14. The first kappa shape index (κ1) is 17.0. The summed E-state index contributed by atoms with van der Waals surface area (Å²) in [6.07, 6.45) is 1.10. The average Bonchev–Trinajstić information content (AvgIpc) is 2.38. The van der Waals surface area contributed by atoms with Gasteiger partial charge in [-0.15, -0.1) is 0 Å². The molecule has 0 saturated heterocycles. The van der Waals surface area contributed by atoms with Gasteiger partial charge in [-0.3, -0.25) is 4.90 Å². The highest BCUT2D eigenvalue weighted by molar-refractivity contribution is 6.31. The molecule has 0 radical (unpaired) electrons. The second-order valence-corrected chi connectivity index (χ2v) is 5.54. The van der Waals surface area contributed by atoms with Crippen LogP contribution in [0.2, 0.25) is 5.02 Å². The number of carbonyl (C=O) groups is 1. The van der Waals surface area contributed by atoms with E-state index in [0.29, 0.717) is 5.02 Å². The second kappa shape index (κ2) is 8.25. The van der Waals surface area contributed by atoms with Gasteiger partial charge < -0.3 is 10.0 Å². The Morgan fingerprint density at radius 2 is 2.00 bits per heavy atom. The molecule has 0 unspecified atom stereocenters. The van der Waals surface area contributed by atoms with E-state index >= 15 is 0 Å². The van der Waals surface area contributed by atoms with Crippen LogP contribution in [0.1, 0.15) is 29.3 Å². The van der Waals surface area contributed by atoms with Gasteiger partial charge in [-0.2, -0.15) is 0 Å². The predicted molar refractivity (Wildman–Crippen MR) is 82.5 cm³/mol. The Balaban J connectivity index is 2.63. The SMILES string of the molecule is CCN(CCCN(C)C)Cc1ccc(C(=O)O)cc1Cl. The summed E-state index contributed by atoms with van der Waals surface area (Å²) in [6.45, 7) is 5.89. The Morgan fingerprint density at radius 1 is 1.30 bits per heavy atom. The van der Waals surface area contributed by atoms with Gasteiger partial charge in [0.05, 0.1) is 5.56 Å². The van der Waals surface area contributed by atoms with Gasteiger partial charge in [-0.05, 0) is 57.8 Å². The van der Waals surface area contributed by atoms with Gasteiger partial charge in [0.15, 0.2) is 0 Å². The number of benzene rings is 1. The van der Waals surface area contributed by atoms with Gasteiger partial charge in [-0.25, -0.2) is 4.79 Å². The largest absolute Gasteiger partial charge is 0.478 e. The molecule has 0 aliphatic carbocycles. The first-order chi connectivity index (χ1) is 9.43. The summed E-state index contributed by atoms with van der Waals surface area (Å²) in [4.78, 5) is 15.4. The van der Waals surface area contributed by atoms with Crippen LogP contribution in [0.5, 0.6) is 0 Å². The van der Waals surface area contributed by atoms with Crippen LogP contribution in [0, 0.1) is 0 Å². The van der Waals surface area contributed by atoms with E-state index in [-0.39, 0.29) is 5.56 Å². The van der Waals surface area contributed by atoms with Crippen molar-refractivity contribution in [3.63, 3.8) is 0 Å². The molecule has 0 bridgehead atoms. The van der Waals surface area contributed by atoms with Crippen LogP contribution in [0.15, 0.2) is 18.2 Å².